The van der Waals surface area contributed by atoms with Crippen molar-refractivity contribution < 1.29 is 18.3 Å². The van der Waals surface area contributed by atoms with Gasteiger partial charge in [-0.2, -0.15) is 5.26 Å². The molecule has 0 aromatic carbocycles. The summed E-state index contributed by atoms with van der Waals surface area (Å²) in [6.45, 7) is -0.732. The van der Waals surface area contributed by atoms with Crippen LogP contribution in [-0.2, 0) is 6.61 Å². The summed E-state index contributed by atoms with van der Waals surface area (Å²) in [5.74, 6) is -1.27. The van der Waals surface area contributed by atoms with E-state index in [1.807, 2.05) is 0 Å². The van der Waals surface area contributed by atoms with Crippen LogP contribution in [0.15, 0.2) is 6.20 Å². The Labute approximate surface area is 77.4 Å². The van der Waals surface area contributed by atoms with E-state index in [4.69, 9.17) is 10.4 Å². The van der Waals surface area contributed by atoms with Crippen molar-refractivity contribution in [3.8, 4) is 6.07 Å². The van der Waals surface area contributed by atoms with E-state index in [-0.39, 0.29) is 5.56 Å². The normalized spacial score (nSPS) is 10.3. The lowest BCUT2D eigenvalue weighted by Crippen LogP contribution is -2.03. The standard InChI is InChI=1S/C8H5F3N2O/c9-7-4(3-14)2-13-5(1-12)6(7)8(10)11/h2,8,14H,3H2. The van der Waals surface area contributed by atoms with Crippen LogP contribution in [0.4, 0.5) is 13.2 Å². The van der Waals surface area contributed by atoms with Crippen LogP contribution in [0, 0.1) is 17.1 Å². The van der Waals surface area contributed by atoms with E-state index in [9.17, 15) is 13.2 Å². The number of hydrogen-bond donors (Lipinski definition) is 1. The van der Waals surface area contributed by atoms with E-state index in [2.05, 4.69) is 4.98 Å². The highest BCUT2D eigenvalue weighted by molar-refractivity contribution is 5.35. The van der Waals surface area contributed by atoms with Crippen molar-refractivity contribution in [3.63, 3.8) is 0 Å². The Kier molecular flexibility index (Phi) is 3.04. The number of rotatable bonds is 2. The third kappa shape index (κ3) is 1.67. The SMILES string of the molecule is N#Cc1ncc(CO)c(F)c1C(F)F. The van der Waals surface area contributed by atoms with Gasteiger partial charge in [0.1, 0.15) is 11.9 Å². The number of pyridine rings is 1. The van der Waals surface area contributed by atoms with Crippen molar-refractivity contribution in [2.24, 2.45) is 0 Å². The van der Waals surface area contributed by atoms with Crippen LogP contribution < -0.4 is 0 Å². The van der Waals surface area contributed by atoms with Gasteiger partial charge in [0.05, 0.1) is 12.2 Å². The Hall–Kier alpha value is -1.61. The minimum Gasteiger partial charge on any atom is -0.392 e. The summed E-state index contributed by atoms with van der Waals surface area (Å²) in [6.07, 6.45) is -2.26. The van der Waals surface area contributed by atoms with Gasteiger partial charge in [0.2, 0.25) is 0 Å². The number of aliphatic hydroxyl groups excluding tert-OH is 1. The minimum absolute atomic E-state index is 0.348. The fourth-order valence-corrected chi connectivity index (χ4v) is 0.944. The van der Waals surface area contributed by atoms with E-state index in [1.165, 1.54) is 6.07 Å². The molecule has 0 saturated heterocycles. The van der Waals surface area contributed by atoms with Gasteiger partial charge in [-0.1, -0.05) is 0 Å². The summed E-state index contributed by atoms with van der Waals surface area (Å²) in [5, 5.41) is 17.0. The minimum atomic E-state index is -3.12. The molecule has 0 fully saturated rings. The fourth-order valence-electron chi connectivity index (χ4n) is 0.944. The average Bonchev–Trinajstić information content (AvgIpc) is 2.16. The smallest absolute Gasteiger partial charge is 0.269 e. The molecular weight excluding hydrogens is 197 g/mol. The van der Waals surface area contributed by atoms with Crippen molar-refractivity contribution in [2.75, 3.05) is 0 Å². The lowest BCUT2D eigenvalue weighted by molar-refractivity contribution is 0.144. The lowest BCUT2D eigenvalue weighted by Gasteiger charge is -2.06. The molecule has 0 atom stereocenters. The molecule has 3 nitrogen and oxygen atoms in total. The fraction of sp³-hybridized carbons (Fsp3) is 0.250. The summed E-state index contributed by atoms with van der Waals surface area (Å²) >= 11 is 0. The van der Waals surface area contributed by atoms with Crippen molar-refractivity contribution in [2.45, 2.75) is 13.0 Å². The number of aliphatic hydroxyl groups is 1. The molecule has 0 radical (unpaired) electrons. The Balaban J connectivity index is 3.41. The molecule has 0 aliphatic carbocycles. The first kappa shape index (κ1) is 10.5. The molecule has 0 spiro atoms. The summed E-state index contributed by atoms with van der Waals surface area (Å²) in [5.41, 5.74) is -2.06. The summed E-state index contributed by atoms with van der Waals surface area (Å²) in [7, 11) is 0. The zero-order valence-corrected chi connectivity index (χ0v) is 6.84. The Bertz CT molecular complexity index is 387. The van der Waals surface area contributed by atoms with Crippen molar-refractivity contribution in [3.05, 3.63) is 28.8 Å². The van der Waals surface area contributed by atoms with Crippen molar-refractivity contribution in [1.29, 1.82) is 5.26 Å². The molecule has 0 aliphatic heterocycles. The first-order valence-corrected chi connectivity index (χ1v) is 3.58. The van der Waals surface area contributed by atoms with Crippen LogP contribution in [0.1, 0.15) is 23.2 Å². The molecule has 0 bridgehead atoms. The van der Waals surface area contributed by atoms with Gasteiger partial charge in [-0.25, -0.2) is 18.2 Å². The van der Waals surface area contributed by atoms with Crippen LogP contribution >= 0.6 is 0 Å². The molecule has 1 aromatic heterocycles. The molecule has 0 amide bonds. The van der Waals surface area contributed by atoms with Crippen molar-refractivity contribution >= 4 is 0 Å². The summed E-state index contributed by atoms with van der Waals surface area (Å²) in [6, 6.07) is 1.36. The number of halogens is 3. The van der Waals surface area contributed by atoms with Gasteiger partial charge in [-0.15, -0.1) is 0 Å². The number of nitrogens with zero attached hydrogens (tertiary/aromatic N) is 2. The van der Waals surface area contributed by atoms with E-state index < -0.39 is 30.1 Å². The monoisotopic (exact) mass is 202 g/mol. The largest absolute Gasteiger partial charge is 0.392 e. The van der Waals surface area contributed by atoms with E-state index >= 15 is 0 Å². The van der Waals surface area contributed by atoms with Gasteiger partial charge in [0, 0.05) is 11.8 Å². The van der Waals surface area contributed by atoms with Gasteiger partial charge >= 0.3 is 0 Å². The zero-order chi connectivity index (χ0) is 10.7. The molecule has 1 aromatic rings. The lowest BCUT2D eigenvalue weighted by atomic mass is 10.1. The predicted octanol–water partition coefficient (Wildman–Crippen LogP) is 1.52. The van der Waals surface area contributed by atoms with Crippen LogP contribution in [0.3, 0.4) is 0 Å². The maximum absolute atomic E-state index is 13.1. The number of aromatic nitrogens is 1. The first-order valence-electron chi connectivity index (χ1n) is 3.58. The Morgan fingerprint density at radius 1 is 1.57 bits per heavy atom. The highest BCUT2D eigenvalue weighted by Gasteiger charge is 2.22. The molecule has 6 heteroatoms. The van der Waals surface area contributed by atoms with Crippen LogP contribution in [-0.4, -0.2) is 10.1 Å². The Morgan fingerprint density at radius 2 is 2.21 bits per heavy atom. The predicted molar refractivity (Wildman–Crippen MR) is 39.8 cm³/mol. The second-order valence-corrected chi connectivity index (χ2v) is 2.43. The second kappa shape index (κ2) is 4.07. The van der Waals surface area contributed by atoms with Gasteiger partial charge in [0.15, 0.2) is 5.69 Å². The van der Waals surface area contributed by atoms with Gasteiger partial charge < -0.3 is 5.11 Å². The van der Waals surface area contributed by atoms with Crippen molar-refractivity contribution in [1.82, 2.24) is 4.98 Å². The Morgan fingerprint density at radius 3 is 2.64 bits per heavy atom. The first-order chi connectivity index (χ1) is 6.61. The van der Waals surface area contributed by atoms with Gasteiger partial charge in [-0.05, 0) is 0 Å². The topological polar surface area (TPSA) is 56.9 Å². The third-order valence-electron chi connectivity index (χ3n) is 1.62. The highest BCUT2D eigenvalue weighted by atomic mass is 19.3. The van der Waals surface area contributed by atoms with E-state index in [0.717, 1.165) is 6.20 Å². The highest BCUT2D eigenvalue weighted by Crippen LogP contribution is 2.26. The molecular formula is C8H5F3N2O. The maximum atomic E-state index is 13.1. The number of nitriles is 1. The molecule has 14 heavy (non-hydrogen) atoms. The molecule has 1 heterocycles. The molecule has 74 valence electrons. The summed E-state index contributed by atoms with van der Waals surface area (Å²) in [4.78, 5) is 3.31. The van der Waals surface area contributed by atoms with Crippen LogP contribution in [0.2, 0.25) is 0 Å². The maximum Gasteiger partial charge on any atom is 0.269 e. The van der Waals surface area contributed by atoms with Crippen LogP contribution in [0.25, 0.3) is 0 Å². The van der Waals surface area contributed by atoms with E-state index in [0.29, 0.717) is 0 Å². The molecule has 1 N–H and O–H groups in total. The second-order valence-electron chi connectivity index (χ2n) is 2.43. The number of hydrogen-bond acceptors (Lipinski definition) is 3. The van der Waals surface area contributed by atoms with Gasteiger partial charge in [-0.3, -0.25) is 0 Å². The van der Waals surface area contributed by atoms with Gasteiger partial charge in [0.25, 0.3) is 6.43 Å². The van der Waals surface area contributed by atoms with Crippen LogP contribution in [0.5, 0.6) is 0 Å². The average molecular weight is 202 g/mol. The molecule has 0 saturated carbocycles. The molecule has 1 rings (SSSR count). The zero-order valence-electron chi connectivity index (χ0n) is 6.84. The summed E-state index contributed by atoms with van der Waals surface area (Å²) < 4.78 is 37.7. The van der Waals surface area contributed by atoms with E-state index in [1.54, 1.807) is 0 Å². The quantitative estimate of drug-likeness (QED) is 0.790. The number of alkyl halides is 2. The molecule has 0 unspecified atom stereocenters. The third-order valence-corrected chi connectivity index (χ3v) is 1.62. The molecule has 0 aliphatic rings.